The predicted molar refractivity (Wildman–Crippen MR) is 83.4 cm³/mol. The van der Waals surface area contributed by atoms with Crippen LogP contribution < -0.4 is 27.9 Å². The first-order valence-electron chi connectivity index (χ1n) is 6.80. The van der Waals surface area contributed by atoms with Crippen LogP contribution in [0.1, 0.15) is 6.92 Å². The number of fused-ring (bicyclic) bond motifs is 1. The lowest BCUT2D eigenvalue weighted by molar-refractivity contribution is -0.120. The van der Waals surface area contributed by atoms with Gasteiger partial charge < -0.3 is 0 Å². The van der Waals surface area contributed by atoms with Crippen molar-refractivity contribution in [1.82, 2.24) is 28.9 Å². The van der Waals surface area contributed by atoms with Crippen LogP contribution in [-0.4, -0.2) is 47.5 Å². The van der Waals surface area contributed by atoms with Gasteiger partial charge in [0.05, 0.1) is 0 Å². The van der Waals surface area contributed by atoms with Crippen LogP contribution in [0.25, 0.3) is 11.2 Å². The molecule has 1 aliphatic heterocycles. The molecule has 3 heterocycles. The molecule has 1 atom stereocenters. The summed E-state index contributed by atoms with van der Waals surface area (Å²) in [7, 11) is 2.81. The summed E-state index contributed by atoms with van der Waals surface area (Å²) >= 11 is 0. The van der Waals surface area contributed by atoms with E-state index in [2.05, 4.69) is 10.1 Å². The highest BCUT2D eigenvalue weighted by Crippen LogP contribution is 2.14. The molecule has 0 spiro atoms. The van der Waals surface area contributed by atoms with Crippen molar-refractivity contribution in [3.05, 3.63) is 27.2 Å². The monoisotopic (exact) mass is 336 g/mol. The largest absolute Gasteiger partial charge is 0.332 e. The van der Waals surface area contributed by atoms with Crippen molar-refractivity contribution in [3.8, 4) is 0 Å². The molecule has 2 aromatic heterocycles. The summed E-state index contributed by atoms with van der Waals surface area (Å²) < 4.78 is 3.33. The van der Waals surface area contributed by atoms with Gasteiger partial charge in [0.1, 0.15) is 12.7 Å². The van der Waals surface area contributed by atoms with Gasteiger partial charge in [-0.05, 0) is 0 Å². The second-order valence-electron chi connectivity index (χ2n) is 5.24. The molecule has 1 aliphatic rings. The Morgan fingerprint density at radius 2 is 1.92 bits per heavy atom. The molecule has 13 heteroatoms. The number of imidazole rings is 1. The molecule has 0 fully saturated rings. The van der Waals surface area contributed by atoms with E-state index in [4.69, 9.17) is 11.7 Å². The number of hydrazone groups is 1. The van der Waals surface area contributed by atoms with E-state index in [1.807, 2.05) is 0 Å². The quantitative estimate of drug-likeness (QED) is 0.536. The normalized spacial score (nSPS) is 17.1. The third-order valence-electron chi connectivity index (χ3n) is 3.72. The lowest BCUT2D eigenvalue weighted by Crippen LogP contribution is -2.62. The summed E-state index contributed by atoms with van der Waals surface area (Å²) in [6, 6.07) is 0. The first-order chi connectivity index (χ1) is 11.3. The highest BCUT2D eigenvalue weighted by atomic mass is 16.2. The Hall–Kier alpha value is -3.19. The molecule has 13 nitrogen and oxygen atoms in total. The molecule has 24 heavy (non-hydrogen) atoms. The maximum Gasteiger partial charge on any atom is 0.332 e. The lowest BCUT2D eigenvalue weighted by atomic mass is 10.5. The fourth-order valence-electron chi connectivity index (χ4n) is 2.53. The van der Waals surface area contributed by atoms with E-state index in [0.29, 0.717) is 0 Å². The topological polar surface area (TPSA) is 153 Å². The Bertz CT molecular complexity index is 957. The van der Waals surface area contributed by atoms with Gasteiger partial charge in [-0.3, -0.25) is 23.7 Å². The van der Waals surface area contributed by atoms with Crippen LogP contribution in [0, 0.1) is 0 Å². The zero-order valence-electron chi connectivity index (χ0n) is 13.2. The van der Waals surface area contributed by atoms with Gasteiger partial charge >= 0.3 is 5.69 Å². The third-order valence-corrected chi connectivity index (χ3v) is 3.72. The summed E-state index contributed by atoms with van der Waals surface area (Å²) in [6.07, 6.45) is 1.47. The second-order valence-corrected chi connectivity index (χ2v) is 5.24. The number of carbonyl (C=O) groups is 1. The molecule has 0 radical (unpaired) electrons. The van der Waals surface area contributed by atoms with Crippen LogP contribution in [0.5, 0.6) is 0 Å². The lowest BCUT2D eigenvalue weighted by Gasteiger charge is -2.34. The number of amides is 1. The SMILES string of the molecule is CC(=O)N(C1N(N)C=NN1N)n1cnc2c1c(=O)n(C)c(=O)n2C. The van der Waals surface area contributed by atoms with Gasteiger partial charge in [-0.1, -0.05) is 0 Å². The maximum absolute atomic E-state index is 12.5. The standard InChI is InChI=1S/C11H16N10O3/c1-6(22)20(10-18(12)5-15-21(10)13)19-4-14-8-7(19)9(23)17(3)11(24)16(8)2/h4-5,10H,12-13H2,1-3H3. The first-order valence-corrected chi connectivity index (χ1v) is 6.80. The van der Waals surface area contributed by atoms with Crippen LogP contribution in [0.4, 0.5) is 0 Å². The van der Waals surface area contributed by atoms with Crippen LogP contribution in [0.3, 0.4) is 0 Å². The molecule has 0 bridgehead atoms. The fourth-order valence-corrected chi connectivity index (χ4v) is 2.53. The van der Waals surface area contributed by atoms with Crippen molar-refractivity contribution in [3.63, 3.8) is 0 Å². The first kappa shape index (κ1) is 15.7. The molecule has 0 saturated heterocycles. The van der Waals surface area contributed by atoms with Gasteiger partial charge in [-0.2, -0.15) is 5.12 Å². The van der Waals surface area contributed by atoms with E-state index in [9.17, 15) is 14.4 Å². The maximum atomic E-state index is 12.5. The number of aromatic nitrogens is 4. The minimum atomic E-state index is -0.998. The van der Waals surface area contributed by atoms with Gasteiger partial charge in [-0.15, -0.1) is 5.10 Å². The molecule has 0 saturated carbocycles. The average molecular weight is 336 g/mol. The van der Waals surface area contributed by atoms with Crippen molar-refractivity contribution in [2.45, 2.75) is 13.2 Å². The van der Waals surface area contributed by atoms with Gasteiger partial charge in [0.2, 0.25) is 12.2 Å². The van der Waals surface area contributed by atoms with Crippen LogP contribution in [0.2, 0.25) is 0 Å². The number of hydrogen-bond acceptors (Lipinski definition) is 9. The number of carbonyl (C=O) groups excluding carboxylic acids is 1. The summed E-state index contributed by atoms with van der Waals surface area (Å²) in [5, 5.41) is 6.94. The highest BCUT2D eigenvalue weighted by molar-refractivity contribution is 5.86. The molecule has 0 aliphatic carbocycles. The van der Waals surface area contributed by atoms with Crippen molar-refractivity contribution in [1.29, 1.82) is 0 Å². The van der Waals surface area contributed by atoms with Crippen LogP contribution >= 0.6 is 0 Å². The molecule has 1 unspecified atom stereocenters. The van der Waals surface area contributed by atoms with Gasteiger partial charge in [-0.25, -0.2) is 31.1 Å². The van der Waals surface area contributed by atoms with Crippen LogP contribution in [0.15, 0.2) is 21.0 Å². The van der Waals surface area contributed by atoms with E-state index in [-0.39, 0.29) is 11.2 Å². The fraction of sp³-hybridized carbons (Fsp3) is 0.364. The number of hydrazine groups is 2. The minimum absolute atomic E-state index is 0.0310. The molecule has 1 amide bonds. The van der Waals surface area contributed by atoms with E-state index in [0.717, 1.165) is 19.7 Å². The second kappa shape index (κ2) is 5.17. The van der Waals surface area contributed by atoms with Gasteiger partial charge in [0, 0.05) is 21.0 Å². The zero-order chi connectivity index (χ0) is 17.8. The van der Waals surface area contributed by atoms with Crippen molar-refractivity contribution < 1.29 is 4.79 Å². The van der Waals surface area contributed by atoms with Crippen molar-refractivity contribution in [2.24, 2.45) is 30.9 Å². The number of hydrogen-bond donors (Lipinski definition) is 2. The average Bonchev–Trinajstić information content (AvgIpc) is 3.10. The molecule has 2 aromatic rings. The Balaban J connectivity index is 2.30. The Kier molecular flexibility index (Phi) is 3.38. The Morgan fingerprint density at radius 3 is 2.46 bits per heavy atom. The molecular weight excluding hydrogens is 320 g/mol. The smallest absolute Gasteiger partial charge is 0.279 e. The summed E-state index contributed by atoms with van der Waals surface area (Å²) in [6.45, 7) is 1.28. The summed E-state index contributed by atoms with van der Waals surface area (Å²) in [5.74, 6) is 11.0. The number of aryl methyl sites for hydroxylation is 1. The number of rotatable bonds is 2. The van der Waals surface area contributed by atoms with E-state index >= 15 is 0 Å². The highest BCUT2D eigenvalue weighted by Gasteiger charge is 2.35. The van der Waals surface area contributed by atoms with E-state index in [1.54, 1.807) is 0 Å². The van der Waals surface area contributed by atoms with Crippen LogP contribution in [-0.2, 0) is 18.9 Å². The molecular formula is C11H16N10O3. The molecule has 128 valence electrons. The molecule has 3 rings (SSSR count). The van der Waals surface area contributed by atoms with E-state index in [1.165, 1.54) is 42.9 Å². The van der Waals surface area contributed by atoms with Gasteiger partial charge in [0.15, 0.2) is 11.2 Å². The van der Waals surface area contributed by atoms with Gasteiger partial charge in [0.25, 0.3) is 5.56 Å². The summed E-state index contributed by atoms with van der Waals surface area (Å²) in [5.41, 5.74) is -0.982. The zero-order valence-corrected chi connectivity index (χ0v) is 13.2. The Morgan fingerprint density at radius 1 is 1.25 bits per heavy atom. The Labute approximate surface area is 134 Å². The van der Waals surface area contributed by atoms with E-state index < -0.39 is 23.4 Å². The molecule has 0 aromatic carbocycles. The molecule has 4 N–H and O–H groups in total. The van der Waals surface area contributed by atoms with Crippen molar-refractivity contribution in [2.75, 3.05) is 5.01 Å². The third kappa shape index (κ3) is 1.99. The number of nitrogens with zero attached hydrogens (tertiary/aromatic N) is 8. The minimum Gasteiger partial charge on any atom is -0.279 e. The predicted octanol–water partition coefficient (Wildman–Crippen LogP) is -3.49. The number of nitrogens with two attached hydrogens (primary N) is 2. The van der Waals surface area contributed by atoms with Crippen molar-refractivity contribution >= 4 is 23.4 Å². The summed E-state index contributed by atoms with van der Waals surface area (Å²) in [4.78, 5) is 40.8.